The minimum Gasteiger partial charge on any atom is -0.0596 e. The Labute approximate surface area is 82.1 Å². The molecule has 0 aromatic rings. The summed E-state index contributed by atoms with van der Waals surface area (Å²) >= 11 is 0. The van der Waals surface area contributed by atoms with Gasteiger partial charge in [-0.15, -0.1) is 0 Å². The Kier molecular flexibility index (Phi) is 1.61. The van der Waals surface area contributed by atoms with Crippen LogP contribution in [0, 0.1) is 16.7 Å². The van der Waals surface area contributed by atoms with Gasteiger partial charge in [-0.1, -0.05) is 19.8 Å². The van der Waals surface area contributed by atoms with E-state index in [1.165, 1.54) is 12.8 Å². The molecule has 3 aliphatic carbocycles. The molecule has 3 rings (SSSR count). The maximum atomic E-state index is 2.56. The van der Waals surface area contributed by atoms with Gasteiger partial charge in [-0.05, 0) is 61.7 Å². The summed E-state index contributed by atoms with van der Waals surface area (Å²) in [5.74, 6) is 1.14. The first-order chi connectivity index (χ1) is 6.23. The summed E-state index contributed by atoms with van der Waals surface area (Å²) in [6.45, 7) is 2.56. The molecule has 0 amide bonds. The first-order valence-electron chi connectivity index (χ1n) is 6.23. The van der Waals surface area contributed by atoms with Gasteiger partial charge in [0.05, 0.1) is 0 Å². The van der Waals surface area contributed by atoms with Gasteiger partial charge in [0, 0.05) is 0 Å². The Morgan fingerprint density at radius 3 is 2.69 bits per heavy atom. The van der Waals surface area contributed by atoms with Gasteiger partial charge in [-0.3, -0.25) is 0 Å². The molecule has 2 bridgehead atoms. The summed E-state index contributed by atoms with van der Waals surface area (Å²) in [4.78, 5) is 0. The van der Waals surface area contributed by atoms with E-state index in [0.717, 1.165) is 16.7 Å². The monoisotopic (exact) mass is 178 g/mol. The largest absolute Gasteiger partial charge is 0.0596 e. The lowest BCUT2D eigenvalue weighted by Crippen LogP contribution is -2.42. The van der Waals surface area contributed by atoms with Crippen LogP contribution in [0.15, 0.2) is 0 Å². The number of rotatable bonds is 0. The van der Waals surface area contributed by atoms with Gasteiger partial charge in [0.25, 0.3) is 0 Å². The van der Waals surface area contributed by atoms with Crippen molar-refractivity contribution >= 4 is 0 Å². The minimum atomic E-state index is 0.763. The fraction of sp³-hybridized carbons (Fsp3) is 1.00. The molecule has 3 aliphatic rings. The second-order valence-electron chi connectivity index (χ2n) is 6.33. The van der Waals surface area contributed by atoms with E-state index in [0.29, 0.717) is 0 Å². The topological polar surface area (TPSA) is 0 Å². The van der Waals surface area contributed by atoms with Crippen LogP contribution in [0.25, 0.3) is 0 Å². The molecule has 0 unspecified atom stereocenters. The quantitative estimate of drug-likeness (QED) is 0.523. The van der Waals surface area contributed by atoms with Crippen LogP contribution in [0.2, 0.25) is 0 Å². The SMILES string of the molecule is C[C@]12CCC[C@@]3(CCC[C@H]3CC1)C2. The summed E-state index contributed by atoms with van der Waals surface area (Å²) in [5, 5.41) is 0. The van der Waals surface area contributed by atoms with Gasteiger partial charge in [-0.25, -0.2) is 0 Å². The molecule has 3 fully saturated rings. The van der Waals surface area contributed by atoms with E-state index in [4.69, 9.17) is 0 Å². The molecule has 0 radical (unpaired) electrons. The summed E-state index contributed by atoms with van der Waals surface area (Å²) in [7, 11) is 0. The van der Waals surface area contributed by atoms with Gasteiger partial charge in [0.15, 0.2) is 0 Å². The van der Waals surface area contributed by atoms with Crippen molar-refractivity contribution in [2.75, 3.05) is 0 Å². The third-order valence-electron chi connectivity index (χ3n) is 5.42. The smallest absolute Gasteiger partial charge is 0.0264 e. The zero-order valence-corrected chi connectivity index (χ0v) is 8.94. The van der Waals surface area contributed by atoms with Crippen molar-refractivity contribution in [2.24, 2.45) is 16.7 Å². The molecule has 1 spiro atoms. The van der Waals surface area contributed by atoms with Gasteiger partial charge < -0.3 is 0 Å². The molecule has 74 valence electrons. The first kappa shape index (κ1) is 8.32. The summed E-state index contributed by atoms with van der Waals surface area (Å²) in [6, 6.07) is 0. The number of hydrogen-bond acceptors (Lipinski definition) is 0. The molecular weight excluding hydrogens is 156 g/mol. The molecule has 0 saturated heterocycles. The molecule has 3 saturated carbocycles. The Morgan fingerprint density at radius 1 is 0.923 bits per heavy atom. The lowest BCUT2D eigenvalue weighted by Gasteiger charge is -2.53. The predicted octanol–water partition coefficient (Wildman–Crippen LogP) is 4.15. The third-order valence-corrected chi connectivity index (χ3v) is 5.42. The molecule has 13 heavy (non-hydrogen) atoms. The standard InChI is InChI=1S/C13H22/c1-12-6-3-8-13(10-12)7-2-4-11(13)5-9-12/h11H,2-10H2,1H3/t11-,12-,13-/m0/s1. The Morgan fingerprint density at radius 2 is 1.77 bits per heavy atom. The van der Waals surface area contributed by atoms with Gasteiger partial charge in [-0.2, -0.15) is 0 Å². The molecule has 0 heteroatoms. The fourth-order valence-electron chi connectivity index (χ4n) is 4.85. The lowest BCUT2D eigenvalue weighted by molar-refractivity contribution is -0.0186. The van der Waals surface area contributed by atoms with Crippen LogP contribution in [-0.2, 0) is 0 Å². The maximum Gasteiger partial charge on any atom is -0.0264 e. The van der Waals surface area contributed by atoms with Crippen molar-refractivity contribution in [3.8, 4) is 0 Å². The van der Waals surface area contributed by atoms with E-state index in [9.17, 15) is 0 Å². The molecule has 0 heterocycles. The first-order valence-corrected chi connectivity index (χ1v) is 6.23. The molecule has 0 aromatic heterocycles. The Balaban J connectivity index is 1.92. The molecule has 3 atom stereocenters. The minimum absolute atomic E-state index is 0.763. The van der Waals surface area contributed by atoms with Crippen molar-refractivity contribution in [1.29, 1.82) is 0 Å². The molecular formula is C13H22. The zero-order chi connectivity index (χ0) is 8.94. The van der Waals surface area contributed by atoms with Crippen LogP contribution >= 0.6 is 0 Å². The van der Waals surface area contributed by atoms with Crippen molar-refractivity contribution < 1.29 is 0 Å². The maximum absolute atomic E-state index is 2.56. The van der Waals surface area contributed by atoms with Crippen LogP contribution in [-0.4, -0.2) is 0 Å². The second kappa shape index (κ2) is 2.52. The van der Waals surface area contributed by atoms with E-state index in [-0.39, 0.29) is 0 Å². The second-order valence-corrected chi connectivity index (χ2v) is 6.33. The van der Waals surface area contributed by atoms with Gasteiger partial charge >= 0.3 is 0 Å². The van der Waals surface area contributed by atoms with Crippen molar-refractivity contribution in [3.05, 3.63) is 0 Å². The van der Waals surface area contributed by atoms with Crippen molar-refractivity contribution in [1.82, 2.24) is 0 Å². The van der Waals surface area contributed by atoms with Gasteiger partial charge in [0.2, 0.25) is 0 Å². The van der Waals surface area contributed by atoms with E-state index in [2.05, 4.69) is 6.92 Å². The molecule has 0 aromatic carbocycles. The fourth-order valence-corrected chi connectivity index (χ4v) is 4.85. The Hall–Kier alpha value is 0. The van der Waals surface area contributed by atoms with E-state index in [1.54, 1.807) is 44.9 Å². The number of fused-ring (bicyclic) bond motifs is 1. The van der Waals surface area contributed by atoms with E-state index in [1.807, 2.05) is 0 Å². The average Bonchev–Trinajstić information content (AvgIpc) is 2.45. The molecule has 0 aliphatic heterocycles. The predicted molar refractivity (Wildman–Crippen MR) is 55.6 cm³/mol. The van der Waals surface area contributed by atoms with Crippen LogP contribution < -0.4 is 0 Å². The number of hydrogen-bond donors (Lipinski definition) is 0. The van der Waals surface area contributed by atoms with Crippen molar-refractivity contribution in [2.45, 2.75) is 64.7 Å². The van der Waals surface area contributed by atoms with Crippen LogP contribution in [0.4, 0.5) is 0 Å². The van der Waals surface area contributed by atoms with E-state index >= 15 is 0 Å². The van der Waals surface area contributed by atoms with E-state index < -0.39 is 0 Å². The molecule has 0 N–H and O–H groups in total. The zero-order valence-electron chi connectivity index (χ0n) is 8.94. The average molecular weight is 178 g/mol. The highest BCUT2D eigenvalue weighted by Crippen LogP contribution is 2.63. The summed E-state index contributed by atoms with van der Waals surface area (Å²) in [6.07, 6.45) is 14.0. The highest BCUT2D eigenvalue weighted by molar-refractivity contribution is 5.03. The lowest BCUT2D eigenvalue weighted by atomic mass is 9.52. The summed E-state index contributed by atoms with van der Waals surface area (Å²) in [5.41, 5.74) is 1.62. The van der Waals surface area contributed by atoms with Crippen LogP contribution in [0.1, 0.15) is 64.7 Å². The highest BCUT2D eigenvalue weighted by Gasteiger charge is 2.52. The molecule has 0 nitrogen and oxygen atoms in total. The van der Waals surface area contributed by atoms with Gasteiger partial charge in [0.1, 0.15) is 0 Å². The highest BCUT2D eigenvalue weighted by atomic mass is 14.6. The normalized spacial score (nSPS) is 54.7. The third kappa shape index (κ3) is 1.10. The summed E-state index contributed by atoms with van der Waals surface area (Å²) < 4.78 is 0. The Bertz CT molecular complexity index is 220. The van der Waals surface area contributed by atoms with Crippen molar-refractivity contribution in [3.63, 3.8) is 0 Å². The van der Waals surface area contributed by atoms with Crippen LogP contribution in [0.5, 0.6) is 0 Å². The van der Waals surface area contributed by atoms with Crippen LogP contribution in [0.3, 0.4) is 0 Å².